The molecule has 0 spiro atoms. The molecule has 30 heavy (non-hydrogen) atoms. The van der Waals surface area contributed by atoms with E-state index in [1.807, 2.05) is 30.3 Å². The van der Waals surface area contributed by atoms with Crippen molar-refractivity contribution in [1.82, 2.24) is 19.7 Å². The van der Waals surface area contributed by atoms with Crippen LogP contribution in [0, 0.1) is 0 Å². The molecule has 1 aromatic carbocycles. The largest absolute Gasteiger partial charge is 0.492 e. The molecule has 8 heteroatoms. The number of Topliss-reactive ketones (excluding diaryl/α,β-unsaturated/α-hetero) is 1. The summed E-state index contributed by atoms with van der Waals surface area (Å²) < 4.78 is 1.30. The first-order valence-corrected chi connectivity index (χ1v) is 9.42. The number of anilines is 2. The Morgan fingerprint density at radius 1 is 1.13 bits per heavy atom. The van der Waals surface area contributed by atoms with Crippen LogP contribution in [0.4, 0.5) is 11.5 Å². The van der Waals surface area contributed by atoms with Crippen molar-refractivity contribution in [2.75, 3.05) is 5.32 Å². The summed E-state index contributed by atoms with van der Waals surface area (Å²) in [7, 11) is 0. The minimum absolute atomic E-state index is 0.0911. The van der Waals surface area contributed by atoms with Crippen LogP contribution in [0.5, 0.6) is 5.88 Å². The number of hydrogen-bond donors (Lipinski definition) is 2. The highest BCUT2D eigenvalue weighted by Gasteiger charge is 2.22. The Kier molecular flexibility index (Phi) is 4.97. The Labute approximate surface area is 171 Å². The van der Waals surface area contributed by atoms with Gasteiger partial charge in [0, 0.05) is 23.7 Å². The number of carbonyl (C=O) groups is 1. The Morgan fingerprint density at radius 2 is 1.90 bits per heavy atom. The number of rotatable bonds is 5. The lowest BCUT2D eigenvalue weighted by Crippen LogP contribution is -2.28. The number of ketones is 1. The molecule has 0 atom stereocenters. The van der Waals surface area contributed by atoms with Gasteiger partial charge in [-0.1, -0.05) is 30.3 Å². The zero-order valence-corrected chi connectivity index (χ0v) is 16.5. The number of hydrogen-bond acceptors (Lipinski definition) is 7. The zero-order chi connectivity index (χ0) is 21.3. The van der Waals surface area contributed by atoms with E-state index in [1.54, 1.807) is 25.1 Å². The molecule has 0 fully saturated rings. The monoisotopic (exact) mass is 401 g/mol. The van der Waals surface area contributed by atoms with Crippen molar-refractivity contribution in [3.05, 3.63) is 70.6 Å². The molecule has 3 aromatic heterocycles. The van der Waals surface area contributed by atoms with Gasteiger partial charge >= 0.3 is 0 Å². The highest BCUT2D eigenvalue weighted by molar-refractivity contribution is 6.05. The molecule has 0 bridgehead atoms. The van der Waals surface area contributed by atoms with Crippen LogP contribution in [-0.2, 0) is 6.54 Å². The van der Waals surface area contributed by atoms with Gasteiger partial charge in [0.15, 0.2) is 5.78 Å². The SMILES string of the molecule is CCn1nc(-c2ccccc2)c(C(C)=O)c(Nc2ccc3ccnc(O)c3n2)c1=O. The van der Waals surface area contributed by atoms with Crippen LogP contribution in [0.3, 0.4) is 0 Å². The van der Waals surface area contributed by atoms with Crippen molar-refractivity contribution in [3.8, 4) is 17.1 Å². The van der Waals surface area contributed by atoms with E-state index in [1.165, 1.54) is 17.8 Å². The lowest BCUT2D eigenvalue weighted by Gasteiger charge is -2.16. The smallest absolute Gasteiger partial charge is 0.291 e. The van der Waals surface area contributed by atoms with Gasteiger partial charge in [-0.25, -0.2) is 14.6 Å². The maximum absolute atomic E-state index is 13.0. The summed E-state index contributed by atoms with van der Waals surface area (Å²) in [5.74, 6) is -0.207. The van der Waals surface area contributed by atoms with Crippen LogP contribution in [0.15, 0.2) is 59.5 Å². The number of carbonyl (C=O) groups excluding carboxylic acids is 1. The molecular weight excluding hydrogens is 382 g/mol. The minimum atomic E-state index is -0.431. The summed E-state index contributed by atoms with van der Waals surface area (Å²) in [5, 5.41) is 18.1. The molecule has 3 heterocycles. The Morgan fingerprint density at radius 3 is 2.60 bits per heavy atom. The fourth-order valence-electron chi connectivity index (χ4n) is 3.27. The fourth-order valence-corrected chi connectivity index (χ4v) is 3.27. The second kappa shape index (κ2) is 7.75. The lowest BCUT2D eigenvalue weighted by atomic mass is 10.0. The highest BCUT2D eigenvalue weighted by Crippen LogP contribution is 2.28. The van der Waals surface area contributed by atoms with Crippen molar-refractivity contribution >= 4 is 28.2 Å². The van der Waals surface area contributed by atoms with E-state index < -0.39 is 5.56 Å². The molecule has 0 amide bonds. The maximum atomic E-state index is 13.0. The third-order valence-electron chi connectivity index (χ3n) is 4.70. The first-order valence-electron chi connectivity index (χ1n) is 9.42. The number of benzene rings is 1. The van der Waals surface area contributed by atoms with Crippen LogP contribution in [0.2, 0.25) is 0 Å². The number of nitrogens with zero attached hydrogens (tertiary/aromatic N) is 4. The van der Waals surface area contributed by atoms with Crippen molar-refractivity contribution in [3.63, 3.8) is 0 Å². The molecule has 4 rings (SSSR count). The predicted octanol–water partition coefficient (Wildman–Crippen LogP) is 3.53. The summed E-state index contributed by atoms with van der Waals surface area (Å²) in [6, 6.07) is 14.4. The molecule has 0 aliphatic carbocycles. The lowest BCUT2D eigenvalue weighted by molar-refractivity contribution is 0.101. The second-order valence-electron chi connectivity index (χ2n) is 6.67. The molecule has 0 unspecified atom stereocenters. The predicted molar refractivity (Wildman–Crippen MR) is 114 cm³/mol. The van der Waals surface area contributed by atoms with E-state index >= 15 is 0 Å². The second-order valence-corrected chi connectivity index (χ2v) is 6.67. The molecule has 2 N–H and O–H groups in total. The van der Waals surface area contributed by atoms with E-state index in [-0.39, 0.29) is 22.9 Å². The summed E-state index contributed by atoms with van der Waals surface area (Å²) in [4.78, 5) is 33.8. The Bertz CT molecular complexity index is 1320. The van der Waals surface area contributed by atoms with Gasteiger partial charge in [-0.2, -0.15) is 5.10 Å². The average molecular weight is 401 g/mol. The number of aryl methyl sites for hydroxylation is 1. The average Bonchev–Trinajstić information content (AvgIpc) is 2.76. The molecule has 8 nitrogen and oxygen atoms in total. The van der Waals surface area contributed by atoms with Gasteiger partial charge in [0.25, 0.3) is 5.56 Å². The molecule has 0 saturated heterocycles. The number of aromatic hydroxyl groups is 1. The van der Waals surface area contributed by atoms with E-state index in [2.05, 4.69) is 20.4 Å². The van der Waals surface area contributed by atoms with Crippen molar-refractivity contribution in [1.29, 1.82) is 0 Å². The van der Waals surface area contributed by atoms with Gasteiger partial charge in [-0.3, -0.25) is 9.59 Å². The summed E-state index contributed by atoms with van der Waals surface area (Å²) in [5.41, 5.74) is 1.28. The highest BCUT2D eigenvalue weighted by atomic mass is 16.3. The van der Waals surface area contributed by atoms with Crippen LogP contribution in [-0.4, -0.2) is 30.6 Å². The normalized spacial score (nSPS) is 10.9. The number of fused-ring (bicyclic) bond motifs is 1. The number of pyridine rings is 2. The quantitative estimate of drug-likeness (QED) is 0.492. The molecule has 0 aliphatic rings. The topological polar surface area (TPSA) is 110 Å². The Hall–Kier alpha value is -4.07. The molecule has 4 aromatic rings. The van der Waals surface area contributed by atoms with Crippen molar-refractivity contribution in [2.24, 2.45) is 0 Å². The van der Waals surface area contributed by atoms with E-state index in [4.69, 9.17) is 0 Å². The molecule has 150 valence electrons. The third kappa shape index (κ3) is 3.39. The molecule has 0 saturated carbocycles. The maximum Gasteiger partial charge on any atom is 0.291 e. The van der Waals surface area contributed by atoms with Crippen LogP contribution in [0.25, 0.3) is 22.2 Å². The third-order valence-corrected chi connectivity index (χ3v) is 4.70. The minimum Gasteiger partial charge on any atom is -0.492 e. The van der Waals surface area contributed by atoms with Gasteiger partial charge in [0.1, 0.15) is 22.7 Å². The van der Waals surface area contributed by atoms with Crippen molar-refractivity contribution in [2.45, 2.75) is 20.4 Å². The fraction of sp³-hybridized carbons (Fsp3) is 0.136. The van der Waals surface area contributed by atoms with Crippen molar-refractivity contribution < 1.29 is 9.90 Å². The van der Waals surface area contributed by atoms with Gasteiger partial charge in [-0.15, -0.1) is 0 Å². The Balaban J connectivity index is 1.94. The molecule has 0 aliphatic heterocycles. The van der Waals surface area contributed by atoms with E-state index in [9.17, 15) is 14.7 Å². The van der Waals surface area contributed by atoms with E-state index in [0.717, 1.165) is 5.56 Å². The zero-order valence-electron chi connectivity index (χ0n) is 16.5. The van der Waals surface area contributed by atoms with Crippen LogP contribution in [0.1, 0.15) is 24.2 Å². The standard InChI is InChI=1S/C22H19N5O3/c1-3-27-22(30)20(17(13(2)28)18(26-27)14-7-5-4-6-8-14)25-16-10-9-15-11-12-23-21(29)19(15)24-16/h4-12H,3H2,1-2H3,(H,23,29)(H,24,25). The van der Waals surface area contributed by atoms with Gasteiger partial charge in [0.2, 0.25) is 5.88 Å². The van der Waals surface area contributed by atoms with Crippen LogP contribution >= 0.6 is 0 Å². The number of nitrogens with one attached hydrogen (secondary N) is 1. The molecule has 0 radical (unpaired) electrons. The van der Waals surface area contributed by atoms with E-state index in [0.29, 0.717) is 29.0 Å². The van der Waals surface area contributed by atoms with Gasteiger partial charge in [-0.05, 0) is 32.0 Å². The summed E-state index contributed by atoms with van der Waals surface area (Å²) >= 11 is 0. The summed E-state index contributed by atoms with van der Waals surface area (Å²) in [6.45, 7) is 3.54. The summed E-state index contributed by atoms with van der Waals surface area (Å²) in [6.07, 6.45) is 1.48. The molecular formula is C22H19N5O3. The first kappa shape index (κ1) is 19.3. The number of aromatic nitrogens is 4. The van der Waals surface area contributed by atoms with Crippen LogP contribution < -0.4 is 10.9 Å². The van der Waals surface area contributed by atoms with Gasteiger partial charge in [0.05, 0.1) is 5.56 Å². The van der Waals surface area contributed by atoms with Gasteiger partial charge < -0.3 is 10.4 Å². The first-order chi connectivity index (χ1) is 14.5.